The summed E-state index contributed by atoms with van der Waals surface area (Å²) in [5, 5.41) is 0. The molecule has 0 aromatic heterocycles. The Bertz CT molecular complexity index is 524. The van der Waals surface area contributed by atoms with Gasteiger partial charge in [-0.2, -0.15) is 0 Å². The molecule has 0 bridgehead atoms. The average molecular weight is 372 g/mol. The molecule has 1 rings (SSSR count). The van der Waals surface area contributed by atoms with Crippen LogP contribution >= 0.6 is 22.6 Å². The molecule has 0 fully saturated rings. The van der Waals surface area contributed by atoms with Gasteiger partial charge in [0.05, 0.1) is 3.58 Å². The lowest BCUT2D eigenvalue weighted by Gasteiger charge is -2.15. The molecule has 0 spiro atoms. The van der Waals surface area contributed by atoms with E-state index in [0.717, 1.165) is 0 Å². The number of carbonyl (C=O) groups is 2. The topological polar surface area (TPSA) is 40.6 Å². The molecule has 102 valence electrons. The molecule has 0 aliphatic rings. The molecule has 0 saturated carbocycles. The van der Waals surface area contributed by atoms with Crippen LogP contribution in [-0.4, -0.2) is 37.7 Å². The summed E-state index contributed by atoms with van der Waals surface area (Å²) in [6, 6.07) is 7.07. The summed E-state index contributed by atoms with van der Waals surface area (Å²) in [6.45, 7) is 1.49. The van der Waals surface area contributed by atoms with Crippen molar-refractivity contribution in [3.8, 4) is 0 Å². The number of Topliss-reactive ketones (excluding diaryl/α,β-unsaturated/α-hetero) is 1. The lowest BCUT2D eigenvalue weighted by atomic mass is 10.1. The molecule has 0 unspecified atom stereocenters. The SMILES string of the molecule is CC(=O)N(C)c1cccc(C(=O)C(I)=CN(C)C)c1. The van der Waals surface area contributed by atoms with Crippen LogP contribution in [0.1, 0.15) is 17.3 Å². The lowest BCUT2D eigenvalue weighted by molar-refractivity contribution is -0.116. The highest BCUT2D eigenvalue weighted by Crippen LogP contribution is 2.20. The second-order valence-corrected chi connectivity index (χ2v) is 5.56. The van der Waals surface area contributed by atoms with E-state index in [-0.39, 0.29) is 11.7 Å². The van der Waals surface area contributed by atoms with Crippen molar-refractivity contribution in [2.45, 2.75) is 6.92 Å². The zero-order valence-electron chi connectivity index (χ0n) is 11.5. The summed E-state index contributed by atoms with van der Waals surface area (Å²) in [5.74, 6) is -0.115. The number of carbonyl (C=O) groups excluding carboxylic acids is 2. The van der Waals surface area contributed by atoms with Crippen LogP contribution in [0.15, 0.2) is 34.0 Å². The van der Waals surface area contributed by atoms with E-state index < -0.39 is 0 Å². The minimum absolute atomic E-state index is 0.0481. The highest BCUT2D eigenvalue weighted by molar-refractivity contribution is 14.1. The maximum atomic E-state index is 12.2. The van der Waals surface area contributed by atoms with Gasteiger partial charge in [0.2, 0.25) is 11.7 Å². The molecule has 19 heavy (non-hydrogen) atoms. The van der Waals surface area contributed by atoms with E-state index in [0.29, 0.717) is 14.8 Å². The fourth-order valence-electron chi connectivity index (χ4n) is 1.46. The van der Waals surface area contributed by atoms with Crippen LogP contribution in [0.4, 0.5) is 5.69 Å². The smallest absolute Gasteiger partial charge is 0.223 e. The van der Waals surface area contributed by atoms with Crippen molar-refractivity contribution < 1.29 is 9.59 Å². The molecule has 5 heteroatoms. The van der Waals surface area contributed by atoms with Gasteiger partial charge in [0, 0.05) is 45.5 Å². The Labute approximate surface area is 127 Å². The van der Waals surface area contributed by atoms with Crippen molar-refractivity contribution in [3.05, 3.63) is 39.6 Å². The quantitative estimate of drug-likeness (QED) is 0.464. The van der Waals surface area contributed by atoms with Crippen molar-refractivity contribution >= 4 is 40.0 Å². The van der Waals surface area contributed by atoms with Gasteiger partial charge in [-0.25, -0.2) is 0 Å². The van der Waals surface area contributed by atoms with E-state index in [1.807, 2.05) is 41.6 Å². The summed E-state index contributed by atoms with van der Waals surface area (Å²) in [4.78, 5) is 26.9. The van der Waals surface area contributed by atoms with Crippen LogP contribution in [0.5, 0.6) is 0 Å². The van der Waals surface area contributed by atoms with Gasteiger partial charge in [0.25, 0.3) is 0 Å². The normalized spacial score (nSPS) is 11.1. The number of halogens is 1. The van der Waals surface area contributed by atoms with Gasteiger partial charge >= 0.3 is 0 Å². The predicted octanol–water partition coefficient (Wildman–Crippen LogP) is 2.69. The Hall–Kier alpha value is -1.37. The number of ketones is 1. The number of rotatable bonds is 4. The summed E-state index contributed by atoms with van der Waals surface area (Å²) in [5.41, 5.74) is 1.29. The Balaban J connectivity index is 3.06. The van der Waals surface area contributed by atoms with Crippen LogP contribution in [0.25, 0.3) is 0 Å². The highest BCUT2D eigenvalue weighted by Gasteiger charge is 2.12. The highest BCUT2D eigenvalue weighted by atomic mass is 127. The molecular weight excluding hydrogens is 355 g/mol. The zero-order chi connectivity index (χ0) is 14.6. The Kier molecular flexibility index (Phi) is 5.53. The number of benzene rings is 1. The Morgan fingerprint density at radius 1 is 1.21 bits per heavy atom. The molecule has 0 N–H and O–H groups in total. The molecule has 1 amide bonds. The molecule has 1 aromatic carbocycles. The largest absolute Gasteiger partial charge is 0.383 e. The molecule has 0 saturated heterocycles. The number of amides is 1. The maximum Gasteiger partial charge on any atom is 0.223 e. The van der Waals surface area contributed by atoms with Gasteiger partial charge in [-0.15, -0.1) is 0 Å². The van der Waals surface area contributed by atoms with Crippen LogP contribution in [0.3, 0.4) is 0 Å². The fraction of sp³-hybridized carbons (Fsp3) is 0.286. The minimum Gasteiger partial charge on any atom is -0.383 e. The number of allylic oxidation sites excluding steroid dienone is 1. The second kappa shape index (κ2) is 6.70. The minimum atomic E-state index is -0.0665. The second-order valence-electron chi connectivity index (χ2n) is 4.40. The monoisotopic (exact) mass is 372 g/mol. The fourth-order valence-corrected chi connectivity index (χ4v) is 2.33. The molecule has 0 atom stereocenters. The van der Waals surface area contributed by atoms with Crippen molar-refractivity contribution in [3.63, 3.8) is 0 Å². The summed E-state index contributed by atoms with van der Waals surface area (Å²) < 4.78 is 0.630. The van der Waals surface area contributed by atoms with Gasteiger partial charge in [-0.3, -0.25) is 9.59 Å². The van der Waals surface area contributed by atoms with Crippen molar-refractivity contribution in [1.29, 1.82) is 0 Å². The summed E-state index contributed by atoms with van der Waals surface area (Å²) in [7, 11) is 5.42. The number of anilines is 1. The molecule has 0 aliphatic carbocycles. The van der Waals surface area contributed by atoms with E-state index in [4.69, 9.17) is 0 Å². The third-order valence-electron chi connectivity index (χ3n) is 2.56. The van der Waals surface area contributed by atoms with Gasteiger partial charge in [0.1, 0.15) is 0 Å². The van der Waals surface area contributed by atoms with Crippen molar-refractivity contribution in [1.82, 2.24) is 4.90 Å². The Morgan fingerprint density at radius 2 is 1.84 bits per heavy atom. The molecule has 0 radical (unpaired) electrons. The van der Waals surface area contributed by atoms with E-state index in [2.05, 4.69) is 0 Å². The maximum absolute atomic E-state index is 12.2. The van der Waals surface area contributed by atoms with E-state index >= 15 is 0 Å². The third-order valence-corrected chi connectivity index (χ3v) is 3.32. The van der Waals surface area contributed by atoms with E-state index in [1.165, 1.54) is 11.8 Å². The first-order valence-electron chi connectivity index (χ1n) is 5.75. The summed E-state index contributed by atoms with van der Waals surface area (Å²) in [6.07, 6.45) is 1.77. The standard InChI is InChI=1S/C14H17IN2O2/c1-10(18)17(4)12-7-5-6-11(8-12)14(19)13(15)9-16(2)3/h5-9H,1-4H3. The molecule has 0 aliphatic heterocycles. The van der Waals surface area contributed by atoms with Crippen LogP contribution in [0, 0.1) is 0 Å². The van der Waals surface area contributed by atoms with E-state index in [9.17, 15) is 9.59 Å². The van der Waals surface area contributed by atoms with E-state index in [1.54, 1.807) is 37.5 Å². The number of hydrogen-bond acceptors (Lipinski definition) is 3. The van der Waals surface area contributed by atoms with Crippen LogP contribution < -0.4 is 4.90 Å². The van der Waals surface area contributed by atoms with Gasteiger partial charge in [-0.05, 0) is 34.7 Å². The number of hydrogen-bond donors (Lipinski definition) is 0. The van der Waals surface area contributed by atoms with Crippen LogP contribution in [-0.2, 0) is 4.79 Å². The van der Waals surface area contributed by atoms with Gasteiger partial charge in [-0.1, -0.05) is 12.1 Å². The lowest BCUT2D eigenvalue weighted by Crippen LogP contribution is -2.23. The van der Waals surface area contributed by atoms with Crippen molar-refractivity contribution in [2.75, 3.05) is 26.0 Å². The van der Waals surface area contributed by atoms with Crippen molar-refractivity contribution in [2.24, 2.45) is 0 Å². The first-order chi connectivity index (χ1) is 8.82. The third kappa shape index (κ3) is 4.34. The molecule has 4 nitrogen and oxygen atoms in total. The molecular formula is C14H17IN2O2. The first kappa shape index (κ1) is 15.7. The zero-order valence-corrected chi connectivity index (χ0v) is 13.6. The molecule has 0 heterocycles. The molecule has 1 aromatic rings. The Morgan fingerprint density at radius 3 is 2.37 bits per heavy atom. The van der Waals surface area contributed by atoms with Gasteiger partial charge < -0.3 is 9.80 Å². The predicted molar refractivity (Wildman–Crippen MR) is 85.6 cm³/mol. The van der Waals surface area contributed by atoms with Crippen LogP contribution in [0.2, 0.25) is 0 Å². The first-order valence-corrected chi connectivity index (χ1v) is 6.83. The van der Waals surface area contributed by atoms with Gasteiger partial charge in [0.15, 0.2) is 0 Å². The number of nitrogens with zero attached hydrogens (tertiary/aromatic N) is 2. The average Bonchev–Trinajstić information content (AvgIpc) is 2.36. The summed E-state index contributed by atoms with van der Waals surface area (Å²) >= 11 is 2.02.